The third kappa shape index (κ3) is 3.27. The molecule has 0 radical (unpaired) electrons. The van der Waals surface area contributed by atoms with Gasteiger partial charge < -0.3 is 44.7 Å². The fraction of sp³-hybridized carbons (Fsp3) is 0. The highest BCUT2D eigenvalue weighted by atomic mass is 16.4. The van der Waals surface area contributed by atoms with E-state index in [0.717, 1.165) is 60.7 Å². The van der Waals surface area contributed by atoms with E-state index in [4.69, 9.17) is 4.42 Å². The first-order valence-electron chi connectivity index (χ1n) is 15.4. The molecule has 0 saturated heterocycles. The molecule has 0 unspecified atom stereocenters. The number of benzene rings is 7. The molecule has 236 valence electrons. The summed E-state index contributed by atoms with van der Waals surface area (Å²) in [7, 11) is 0. The Bertz CT molecular complexity index is 2960. The minimum atomic E-state index is -1.11. The van der Waals surface area contributed by atoms with Crippen molar-refractivity contribution in [2.75, 3.05) is 0 Å². The maximum absolute atomic E-state index is 11.5. The van der Waals surface area contributed by atoms with Gasteiger partial charge in [-0.1, -0.05) is 66.7 Å². The number of hydrogen-bond donors (Lipinski definition) is 7. The second kappa shape index (κ2) is 9.08. The van der Waals surface area contributed by atoms with E-state index in [0.29, 0.717) is 11.0 Å². The van der Waals surface area contributed by atoms with Crippen LogP contribution in [0.4, 0.5) is 0 Å². The molecule has 0 spiro atoms. The first-order chi connectivity index (χ1) is 23.7. The number of rotatable bonds is 2. The van der Waals surface area contributed by atoms with Gasteiger partial charge in [0.15, 0.2) is 28.7 Å². The third-order valence-corrected chi connectivity index (χ3v) is 9.88. The van der Waals surface area contributed by atoms with Crippen molar-refractivity contribution in [3.05, 3.63) is 97.1 Å². The topological polar surface area (TPSA) is 160 Å². The first-order valence-corrected chi connectivity index (χ1v) is 15.4. The minimum absolute atomic E-state index is 0.298. The van der Waals surface area contributed by atoms with Crippen molar-refractivity contribution in [2.24, 2.45) is 0 Å². The number of furan rings is 1. The Hall–Kier alpha value is -7.00. The predicted molar refractivity (Wildman–Crippen MR) is 187 cm³/mol. The molecule has 2 aromatic heterocycles. The smallest absolute Gasteiger partial charge is 0.205 e. The highest BCUT2D eigenvalue weighted by molar-refractivity contribution is 6.20. The van der Waals surface area contributed by atoms with Crippen molar-refractivity contribution in [3.8, 4) is 79.5 Å². The van der Waals surface area contributed by atoms with E-state index in [1.165, 1.54) is 9.95 Å². The van der Waals surface area contributed by atoms with Crippen molar-refractivity contribution in [1.29, 1.82) is 0 Å². The number of hydrogen-bond acceptors (Lipinski definition) is 8. The molecule has 7 N–H and O–H groups in total. The molecule has 0 fully saturated rings. The average Bonchev–Trinajstić information content (AvgIpc) is 3.76. The van der Waals surface area contributed by atoms with E-state index in [1.54, 1.807) is 12.1 Å². The Kier molecular flexibility index (Phi) is 5.03. The zero-order chi connectivity index (χ0) is 33.5. The molecule has 1 aliphatic carbocycles. The molecule has 0 aliphatic heterocycles. The van der Waals surface area contributed by atoms with Gasteiger partial charge in [0.1, 0.15) is 17.0 Å². The summed E-state index contributed by atoms with van der Waals surface area (Å²) in [5.74, 6) is -5.82. The summed E-state index contributed by atoms with van der Waals surface area (Å²) < 4.78 is 7.94. The van der Waals surface area contributed by atoms with Crippen LogP contribution in [0.3, 0.4) is 0 Å². The van der Waals surface area contributed by atoms with Gasteiger partial charge in [0.25, 0.3) is 0 Å². The lowest BCUT2D eigenvalue weighted by molar-refractivity contribution is 0.347. The summed E-state index contributed by atoms with van der Waals surface area (Å²) in [6, 6.07) is 31.7. The Balaban J connectivity index is 1.21. The molecule has 7 aromatic carbocycles. The molecule has 10 rings (SSSR count). The number of aromatic hydroxyl groups is 7. The van der Waals surface area contributed by atoms with Crippen molar-refractivity contribution >= 4 is 54.3 Å². The maximum Gasteiger partial charge on any atom is 0.205 e. The zero-order valence-corrected chi connectivity index (χ0v) is 25.2. The van der Waals surface area contributed by atoms with E-state index < -0.39 is 51.0 Å². The number of para-hydroxylation sites is 1. The molecule has 9 nitrogen and oxygen atoms in total. The Morgan fingerprint density at radius 1 is 0.449 bits per heavy atom. The highest BCUT2D eigenvalue weighted by Crippen LogP contribution is 2.59. The normalized spacial score (nSPS) is 12.2. The van der Waals surface area contributed by atoms with Crippen LogP contribution in [0.25, 0.3) is 93.6 Å². The molecule has 9 heteroatoms. The van der Waals surface area contributed by atoms with Gasteiger partial charge in [-0.2, -0.15) is 0 Å². The van der Waals surface area contributed by atoms with Crippen LogP contribution in [0.1, 0.15) is 0 Å². The summed E-state index contributed by atoms with van der Waals surface area (Å²) >= 11 is 0. The van der Waals surface area contributed by atoms with Gasteiger partial charge in [-0.15, -0.1) is 0 Å². The van der Waals surface area contributed by atoms with Crippen molar-refractivity contribution in [3.63, 3.8) is 0 Å². The van der Waals surface area contributed by atoms with E-state index in [9.17, 15) is 35.7 Å². The molecular weight excluding hydrogens is 622 g/mol. The SMILES string of the molecule is Oc1c(O)c(O)c2c(O)c(-n3c4ccccc4c4cc(-c5ccc6oc7c(c6c5)-c5cccc6cccc-7c56)ccc43)c(O)c(O)c2c1O. The Morgan fingerprint density at radius 2 is 1.06 bits per heavy atom. The zero-order valence-electron chi connectivity index (χ0n) is 25.2. The summed E-state index contributed by atoms with van der Waals surface area (Å²) in [6.07, 6.45) is 0. The van der Waals surface area contributed by atoms with E-state index in [1.807, 2.05) is 48.5 Å². The van der Waals surface area contributed by atoms with Crippen LogP contribution in [0, 0.1) is 0 Å². The number of aromatic nitrogens is 1. The number of fused-ring (bicyclic) bond motifs is 9. The van der Waals surface area contributed by atoms with Crippen LogP contribution < -0.4 is 0 Å². The van der Waals surface area contributed by atoms with Crippen LogP contribution >= 0.6 is 0 Å². The Morgan fingerprint density at radius 3 is 1.82 bits per heavy atom. The fourth-order valence-electron chi connectivity index (χ4n) is 7.70. The molecule has 0 saturated carbocycles. The van der Waals surface area contributed by atoms with Gasteiger partial charge in [0.2, 0.25) is 11.5 Å². The lowest BCUT2D eigenvalue weighted by Gasteiger charge is -2.18. The molecule has 9 aromatic rings. The van der Waals surface area contributed by atoms with Crippen molar-refractivity contribution in [1.82, 2.24) is 4.57 Å². The van der Waals surface area contributed by atoms with Crippen LogP contribution in [-0.4, -0.2) is 40.3 Å². The summed E-state index contributed by atoms with van der Waals surface area (Å²) in [6.45, 7) is 0. The van der Waals surface area contributed by atoms with Crippen molar-refractivity contribution in [2.45, 2.75) is 0 Å². The second-order valence-corrected chi connectivity index (χ2v) is 12.3. The molecule has 1 aliphatic rings. The van der Waals surface area contributed by atoms with Gasteiger partial charge in [0.05, 0.1) is 21.8 Å². The average molecular weight is 646 g/mol. The summed E-state index contributed by atoms with van der Waals surface area (Å²) in [5, 5.41) is 79.0. The molecule has 0 bridgehead atoms. The van der Waals surface area contributed by atoms with Crippen LogP contribution in [0.15, 0.2) is 101 Å². The van der Waals surface area contributed by atoms with E-state index in [-0.39, 0.29) is 5.69 Å². The van der Waals surface area contributed by atoms with Gasteiger partial charge in [0, 0.05) is 32.7 Å². The Labute approximate surface area is 275 Å². The maximum atomic E-state index is 11.5. The monoisotopic (exact) mass is 645 g/mol. The predicted octanol–water partition coefficient (Wildman–Crippen LogP) is 9.09. The molecular formula is C40H23NO8. The quantitative estimate of drug-likeness (QED) is 0.0724. The number of nitrogens with zero attached hydrogens (tertiary/aromatic N) is 1. The molecule has 49 heavy (non-hydrogen) atoms. The van der Waals surface area contributed by atoms with Gasteiger partial charge in [-0.25, -0.2) is 0 Å². The largest absolute Gasteiger partial charge is 0.505 e. The summed E-state index contributed by atoms with van der Waals surface area (Å²) in [5.41, 5.74) is 6.73. The van der Waals surface area contributed by atoms with Gasteiger partial charge in [-0.3, -0.25) is 0 Å². The van der Waals surface area contributed by atoms with E-state index >= 15 is 0 Å². The fourth-order valence-corrected chi connectivity index (χ4v) is 7.70. The third-order valence-electron chi connectivity index (χ3n) is 9.88. The number of phenolic OH excluding ortho intramolecular Hbond substituents is 7. The van der Waals surface area contributed by atoms with Gasteiger partial charge >= 0.3 is 0 Å². The van der Waals surface area contributed by atoms with Crippen LogP contribution in [-0.2, 0) is 0 Å². The van der Waals surface area contributed by atoms with Gasteiger partial charge in [-0.05, 0) is 52.4 Å². The molecule has 0 atom stereocenters. The second-order valence-electron chi connectivity index (χ2n) is 12.3. The van der Waals surface area contributed by atoms with Crippen LogP contribution in [0.2, 0.25) is 0 Å². The van der Waals surface area contributed by atoms with Crippen molar-refractivity contribution < 1.29 is 40.2 Å². The number of phenols is 7. The minimum Gasteiger partial charge on any atom is -0.505 e. The standard InChI is InChI=1S/C40H23NO8/c42-33-30-31(36(45)39(48)38(47)35(30)44)34(43)37(46)32(33)41-25-10-2-1-7-20(25)23-15-18(11-13-26(23)41)19-12-14-27-24(16-19)29-21-8-3-5-17-6-4-9-22(28(17)21)40(29)49-27/h1-16,42-48H. The lowest BCUT2D eigenvalue weighted by Crippen LogP contribution is -1.97. The molecule has 2 heterocycles. The molecule has 0 amide bonds. The summed E-state index contributed by atoms with van der Waals surface area (Å²) in [4.78, 5) is 0. The highest BCUT2D eigenvalue weighted by Gasteiger charge is 2.31. The first kappa shape index (κ1) is 27.1. The van der Waals surface area contributed by atoms with E-state index in [2.05, 4.69) is 36.4 Å². The lowest BCUT2D eigenvalue weighted by atomic mass is 9.98. The van der Waals surface area contributed by atoms with Crippen LogP contribution in [0.5, 0.6) is 40.2 Å².